The number of hydrogen-bond acceptors (Lipinski definition) is 3. The third kappa shape index (κ3) is 2.60. The Morgan fingerprint density at radius 1 is 1.16 bits per heavy atom. The van der Waals surface area contributed by atoms with Gasteiger partial charge in [0.2, 0.25) is 5.88 Å². The van der Waals surface area contributed by atoms with E-state index < -0.39 is 0 Å². The van der Waals surface area contributed by atoms with Gasteiger partial charge in [-0.05, 0) is 5.56 Å². The first-order valence-electron chi connectivity index (χ1n) is 6.27. The van der Waals surface area contributed by atoms with E-state index in [1.54, 1.807) is 7.11 Å². The van der Waals surface area contributed by atoms with E-state index in [9.17, 15) is 0 Å². The van der Waals surface area contributed by atoms with Crippen molar-refractivity contribution < 1.29 is 9.47 Å². The molecule has 1 aromatic rings. The molecule has 0 unspecified atom stereocenters. The number of allylic oxidation sites excluding steroid dienone is 4. The summed E-state index contributed by atoms with van der Waals surface area (Å²) in [4.78, 5) is 4.45. The summed E-state index contributed by atoms with van der Waals surface area (Å²) in [6.45, 7) is 0.539. The maximum atomic E-state index is 5.71. The fraction of sp³-hybridized carbons (Fsp3) is 0.188. The summed E-state index contributed by atoms with van der Waals surface area (Å²) in [6.07, 6.45) is 6.86. The van der Waals surface area contributed by atoms with Crippen molar-refractivity contribution >= 4 is 5.71 Å². The van der Waals surface area contributed by atoms with E-state index in [1.807, 2.05) is 42.5 Å². The Morgan fingerprint density at radius 3 is 2.79 bits per heavy atom. The number of rotatable bonds is 4. The van der Waals surface area contributed by atoms with Gasteiger partial charge in [0.25, 0.3) is 0 Å². The summed E-state index contributed by atoms with van der Waals surface area (Å²) in [6, 6.07) is 10.1. The van der Waals surface area contributed by atoms with Gasteiger partial charge in [0, 0.05) is 24.1 Å². The third-order valence-corrected chi connectivity index (χ3v) is 3.12. The number of aliphatic imine (C=N–C) groups is 1. The first-order valence-corrected chi connectivity index (χ1v) is 6.27. The molecule has 1 heterocycles. The van der Waals surface area contributed by atoms with E-state index >= 15 is 0 Å². The molecular weight excluding hydrogens is 238 g/mol. The summed E-state index contributed by atoms with van der Waals surface area (Å²) in [5.41, 5.74) is 3.18. The van der Waals surface area contributed by atoms with Crippen LogP contribution in [0.4, 0.5) is 0 Å². The van der Waals surface area contributed by atoms with Crippen LogP contribution in [0.2, 0.25) is 0 Å². The number of nitrogens with zero attached hydrogens (tertiary/aromatic N) is 1. The molecule has 0 bridgehead atoms. The zero-order valence-corrected chi connectivity index (χ0v) is 10.8. The van der Waals surface area contributed by atoms with Crippen LogP contribution in [-0.2, 0) is 16.1 Å². The van der Waals surface area contributed by atoms with Crippen molar-refractivity contribution in [2.45, 2.75) is 13.0 Å². The Bertz CT molecular complexity index is 594. The molecule has 0 atom stereocenters. The molecule has 0 saturated heterocycles. The maximum Gasteiger partial charge on any atom is 0.214 e. The van der Waals surface area contributed by atoms with Crippen LogP contribution in [-0.4, -0.2) is 12.8 Å². The zero-order valence-electron chi connectivity index (χ0n) is 10.8. The van der Waals surface area contributed by atoms with Crippen molar-refractivity contribution in [2.24, 2.45) is 4.99 Å². The van der Waals surface area contributed by atoms with Crippen molar-refractivity contribution in [3.05, 3.63) is 71.3 Å². The summed E-state index contributed by atoms with van der Waals surface area (Å²) >= 11 is 0. The first-order chi connectivity index (χ1) is 9.35. The molecule has 0 N–H and O–H groups in total. The number of fused-ring (bicyclic) bond motifs is 1. The number of methoxy groups -OCH3 is 1. The molecule has 2 aliphatic rings. The van der Waals surface area contributed by atoms with Gasteiger partial charge in [0.05, 0.1) is 12.8 Å². The highest BCUT2D eigenvalue weighted by molar-refractivity contribution is 6.13. The van der Waals surface area contributed by atoms with Crippen molar-refractivity contribution in [1.29, 1.82) is 0 Å². The second kappa shape index (κ2) is 5.14. The van der Waals surface area contributed by atoms with Gasteiger partial charge in [0.15, 0.2) is 0 Å². The van der Waals surface area contributed by atoms with Crippen molar-refractivity contribution in [3.8, 4) is 0 Å². The number of ether oxygens (including phenoxy) is 2. The minimum Gasteiger partial charge on any atom is -0.501 e. The molecule has 0 fully saturated rings. The molecule has 96 valence electrons. The monoisotopic (exact) mass is 253 g/mol. The summed E-state index contributed by atoms with van der Waals surface area (Å²) < 4.78 is 10.9. The molecule has 0 amide bonds. The predicted molar refractivity (Wildman–Crippen MR) is 74.5 cm³/mol. The molecule has 3 rings (SSSR count). The predicted octanol–water partition coefficient (Wildman–Crippen LogP) is 3.36. The van der Waals surface area contributed by atoms with Gasteiger partial charge >= 0.3 is 0 Å². The highest BCUT2D eigenvalue weighted by Gasteiger charge is 2.18. The second-order valence-corrected chi connectivity index (χ2v) is 4.43. The lowest BCUT2D eigenvalue weighted by Crippen LogP contribution is -2.02. The fourth-order valence-corrected chi connectivity index (χ4v) is 2.07. The third-order valence-electron chi connectivity index (χ3n) is 3.12. The minimum absolute atomic E-state index is 0.539. The van der Waals surface area contributed by atoms with Crippen molar-refractivity contribution in [2.75, 3.05) is 7.11 Å². The lowest BCUT2D eigenvalue weighted by molar-refractivity contribution is 0.198. The van der Waals surface area contributed by atoms with E-state index in [1.165, 1.54) is 0 Å². The Hall–Kier alpha value is -2.29. The van der Waals surface area contributed by atoms with Crippen LogP contribution < -0.4 is 0 Å². The highest BCUT2D eigenvalue weighted by Crippen LogP contribution is 2.25. The standard InChI is InChI=1S/C16H15NO2/c1-18-14-8-7-13-9-16(17-15(13)10-14)19-11-12-5-3-2-4-6-12/h2-7,9-10H,8,11H2,1H3. The van der Waals surface area contributed by atoms with Gasteiger partial charge in [-0.1, -0.05) is 36.4 Å². The fourth-order valence-electron chi connectivity index (χ4n) is 2.07. The Morgan fingerprint density at radius 2 is 2.00 bits per heavy atom. The molecule has 0 spiro atoms. The van der Waals surface area contributed by atoms with Gasteiger partial charge in [-0.2, -0.15) is 0 Å². The minimum atomic E-state index is 0.539. The molecule has 1 aliphatic carbocycles. The molecule has 3 nitrogen and oxygen atoms in total. The maximum absolute atomic E-state index is 5.71. The van der Waals surface area contributed by atoms with Gasteiger partial charge in [-0.15, -0.1) is 0 Å². The van der Waals surface area contributed by atoms with Crippen molar-refractivity contribution in [3.63, 3.8) is 0 Å². The lowest BCUT2D eigenvalue weighted by Gasteiger charge is -2.09. The molecule has 1 aromatic carbocycles. The molecule has 19 heavy (non-hydrogen) atoms. The normalized spacial score (nSPS) is 16.9. The van der Waals surface area contributed by atoms with Crippen LogP contribution >= 0.6 is 0 Å². The van der Waals surface area contributed by atoms with E-state index in [2.05, 4.69) is 11.1 Å². The molecule has 0 aromatic heterocycles. The topological polar surface area (TPSA) is 30.8 Å². The quantitative estimate of drug-likeness (QED) is 0.823. The molecule has 3 heteroatoms. The average Bonchev–Trinajstić information content (AvgIpc) is 2.88. The van der Waals surface area contributed by atoms with Gasteiger partial charge in [0.1, 0.15) is 12.4 Å². The van der Waals surface area contributed by atoms with Gasteiger partial charge in [-0.25, -0.2) is 4.99 Å². The van der Waals surface area contributed by atoms with E-state index in [-0.39, 0.29) is 0 Å². The van der Waals surface area contributed by atoms with E-state index in [4.69, 9.17) is 9.47 Å². The largest absolute Gasteiger partial charge is 0.501 e. The smallest absolute Gasteiger partial charge is 0.214 e. The number of hydrogen-bond donors (Lipinski definition) is 0. The first kappa shape index (κ1) is 11.8. The van der Waals surface area contributed by atoms with Crippen LogP contribution in [0.15, 0.2) is 70.8 Å². The number of benzene rings is 1. The second-order valence-electron chi connectivity index (χ2n) is 4.43. The lowest BCUT2D eigenvalue weighted by atomic mass is 10.0. The van der Waals surface area contributed by atoms with Crippen LogP contribution in [0, 0.1) is 0 Å². The van der Waals surface area contributed by atoms with Crippen LogP contribution in [0.3, 0.4) is 0 Å². The van der Waals surface area contributed by atoms with Crippen LogP contribution in [0.25, 0.3) is 0 Å². The van der Waals surface area contributed by atoms with Crippen molar-refractivity contribution in [1.82, 2.24) is 0 Å². The summed E-state index contributed by atoms with van der Waals surface area (Å²) in [5.74, 6) is 1.60. The van der Waals surface area contributed by atoms with E-state index in [0.29, 0.717) is 12.5 Å². The van der Waals surface area contributed by atoms with Gasteiger partial charge < -0.3 is 9.47 Å². The van der Waals surface area contributed by atoms with Gasteiger partial charge in [-0.3, -0.25) is 0 Å². The SMILES string of the molecule is COC1=CC2=NC(OCc3ccccc3)=CC2=CC1. The van der Waals surface area contributed by atoms with Crippen LogP contribution in [0.5, 0.6) is 0 Å². The molecule has 0 radical (unpaired) electrons. The van der Waals surface area contributed by atoms with E-state index in [0.717, 1.165) is 29.0 Å². The summed E-state index contributed by atoms with van der Waals surface area (Å²) in [7, 11) is 1.68. The Kier molecular flexibility index (Phi) is 3.19. The summed E-state index contributed by atoms with van der Waals surface area (Å²) in [5, 5.41) is 0. The average molecular weight is 253 g/mol. The highest BCUT2D eigenvalue weighted by atomic mass is 16.5. The molecule has 0 saturated carbocycles. The molecular formula is C16H15NO2. The zero-order chi connectivity index (χ0) is 13.1. The Balaban J connectivity index is 1.68. The Labute approximate surface area is 112 Å². The van der Waals surface area contributed by atoms with Crippen LogP contribution in [0.1, 0.15) is 12.0 Å². The molecule has 1 aliphatic heterocycles.